The first kappa shape index (κ1) is 18.2. The summed E-state index contributed by atoms with van der Waals surface area (Å²) in [6, 6.07) is 8.35. The average molecular weight is 367 g/mol. The summed E-state index contributed by atoms with van der Waals surface area (Å²) in [6.07, 6.45) is 3.93. The number of carbonyl (C=O) groups is 2. The lowest BCUT2D eigenvalue weighted by Gasteiger charge is -2.34. The molecule has 0 aromatic heterocycles. The van der Waals surface area contributed by atoms with Crippen LogP contribution in [0.4, 0.5) is 5.69 Å². The normalized spacial score (nSPS) is 23.6. The number of allylic oxidation sites excluding steroid dienone is 1. The molecule has 0 radical (unpaired) electrons. The molecular weight excluding hydrogens is 338 g/mol. The van der Waals surface area contributed by atoms with E-state index in [-0.39, 0.29) is 17.1 Å². The second kappa shape index (κ2) is 6.79. The van der Waals surface area contributed by atoms with Crippen molar-refractivity contribution >= 4 is 17.4 Å². The van der Waals surface area contributed by atoms with Gasteiger partial charge < -0.3 is 9.80 Å². The molecule has 1 saturated heterocycles. The summed E-state index contributed by atoms with van der Waals surface area (Å²) in [6.45, 7) is 7.84. The third-order valence-electron chi connectivity index (χ3n) is 6.23. The van der Waals surface area contributed by atoms with E-state index in [0.717, 1.165) is 44.7 Å². The van der Waals surface area contributed by atoms with E-state index < -0.39 is 0 Å². The van der Waals surface area contributed by atoms with Crippen molar-refractivity contribution < 1.29 is 9.59 Å². The van der Waals surface area contributed by atoms with Crippen LogP contribution in [-0.2, 0) is 15.0 Å². The van der Waals surface area contributed by atoms with Gasteiger partial charge in [-0.05, 0) is 24.5 Å². The Bertz CT molecular complexity index is 787. The minimum atomic E-state index is -0.170. The molecule has 2 heterocycles. The summed E-state index contributed by atoms with van der Waals surface area (Å²) in [5.74, 6) is 0.736. The molecule has 2 fully saturated rings. The molecule has 0 atom stereocenters. The molecule has 0 bridgehead atoms. The highest BCUT2D eigenvalue weighted by Gasteiger charge is 2.39. The van der Waals surface area contributed by atoms with Crippen LogP contribution in [0.15, 0.2) is 36.0 Å². The molecule has 0 unspecified atom stereocenters. The Kier molecular flexibility index (Phi) is 4.58. The Balaban J connectivity index is 1.39. The second-order valence-corrected chi connectivity index (χ2v) is 8.57. The number of para-hydroxylation sites is 1. The first-order valence-electron chi connectivity index (χ1n) is 9.97. The maximum absolute atomic E-state index is 12.8. The minimum absolute atomic E-state index is 0.139. The van der Waals surface area contributed by atoms with Gasteiger partial charge in [0.2, 0.25) is 5.91 Å². The predicted molar refractivity (Wildman–Crippen MR) is 107 cm³/mol. The van der Waals surface area contributed by atoms with E-state index in [1.165, 1.54) is 11.3 Å². The molecule has 3 aliphatic rings. The number of likely N-dealkylation sites (N-methyl/N-ethyl adjacent to an activating group) is 1. The second-order valence-electron chi connectivity index (χ2n) is 8.57. The molecule has 0 spiro atoms. The van der Waals surface area contributed by atoms with Crippen LogP contribution >= 0.6 is 0 Å². The Morgan fingerprint density at radius 1 is 1.11 bits per heavy atom. The molecule has 27 heavy (non-hydrogen) atoms. The summed E-state index contributed by atoms with van der Waals surface area (Å²) in [5, 5.41) is 0. The predicted octanol–water partition coefficient (Wildman–Crippen LogP) is 2.42. The molecule has 1 aromatic carbocycles. The van der Waals surface area contributed by atoms with Crippen molar-refractivity contribution in [2.24, 2.45) is 5.92 Å². The number of piperazine rings is 1. The van der Waals surface area contributed by atoms with Gasteiger partial charge in [0, 0.05) is 62.0 Å². The standard InChI is InChI=1S/C22H29N3O2/c1-22(2)18-6-4-5-7-19(18)23(3)20(22)14-17(26)15-24-10-12-25(13-11-24)21(27)16-8-9-16/h4-7,14,16H,8-13,15H2,1-3H3. The Morgan fingerprint density at radius 2 is 1.78 bits per heavy atom. The zero-order valence-electron chi connectivity index (χ0n) is 16.6. The highest BCUT2D eigenvalue weighted by Crippen LogP contribution is 2.46. The summed E-state index contributed by atoms with van der Waals surface area (Å²) >= 11 is 0. The zero-order valence-corrected chi connectivity index (χ0v) is 16.6. The van der Waals surface area contributed by atoms with Gasteiger partial charge in [-0.1, -0.05) is 32.0 Å². The number of rotatable bonds is 4. The van der Waals surface area contributed by atoms with Crippen molar-refractivity contribution in [3.63, 3.8) is 0 Å². The molecule has 1 saturated carbocycles. The number of fused-ring (bicyclic) bond motifs is 1. The molecule has 1 aliphatic carbocycles. The summed E-state index contributed by atoms with van der Waals surface area (Å²) in [7, 11) is 2.04. The first-order valence-corrected chi connectivity index (χ1v) is 9.97. The largest absolute Gasteiger partial charge is 0.347 e. The van der Waals surface area contributed by atoms with Crippen molar-refractivity contribution in [1.82, 2.24) is 9.80 Å². The van der Waals surface area contributed by atoms with Crippen LogP contribution < -0.4 is 4.90 Å². The van der Waals surface area contributed by atoms with Gasteiger partial charge in [0.1, 0.15) is 0 Å². The van der Waals surface area contributed by atoms with Gasteiger partial charge in [-0.2, -0.15) is 0 Å². The van der Waals surface area contributed by atoms with Crippen molar-refractivity contribution in [1.29, 1.82) is 0 Å². The van der Waals surface area contributed by atoms with Crippen LogP contribution in [0, 0.1) is 5.92 Å². The maximum Gasteiger partial charge on any atom is 0.225 e. The first-order chi connectivity index (χ1) is 12.9. The number of anilines is 1. The lowest BCUT2D eigenvalue weighted by molar-refractivity contribution is -0.134. The summed E-state index contributed by atoms with van der Waals surface area (Å²) < 4.78 is 0. The molecule has 4 rings (SSSR count). The maximum atomic E-state index is 12.8. The number of ketones is 1. The fourth-order valence-corrected chi connectivity index (χ4v) is 4.39. The average Bonchev–Trinajstić information content (AvgIpc) is 3.48. The fraction of sp³-hybridized carbons (Fsp3) is 0.545. The Morgan fingerprint density at radius 3 is 2.41 bits per heavy atom. The molecule has 0 N–H and O–H groups in total. The van der Waals surface area contributed by atoms with Crippen molar-refractivity contribution in [2.75, 3.05) is 44.7 Å². The number of carbonyl (C=O) groups excluding carboxylic acids is 2. The van der Waals surface area contributed by atoms with Gasteiger partial charge in [0.05, 0.1) is 6.54 Å². The number of hydrogen-bond donors (Lipinski definition) is 0. The Labute approximate surface area is 161 Å². The molecule has 2 aliphatic heterocycles. The molecule has 144 valence electrons. The van der Waals surface area contributed by atoms with Crippen LogP contribution in [0.1, 0.15) is 32.3 Å². The molecule has 5 nitrogen and oxygen atoms in total. The lowest BCUT2D eigenvalue weighted by Crippen LogP contribution is -2.50. The van der Waals surface area contributed by atoms with Gasteiger partial charge in [-0.3, -0.25) is 14.5 Å². The van der Waals surface area contributed by atoms with Crippen LogP contribution in [0.2, 0.25) is 0 Å². The lowest BCUT2D eigenvalue weighted by atomic mass is 9.83. The number of benzene rings is 1. The van der Waals surface area contributed by atoms with Gasteiger partial charge in [0.25, 0.3) is 0 Å². The quantitative estimate of drug-likeness (QED) is 0.767. The topological polar surface area (TPSA) is 43.9 Å². The van der Waals surface area contributed by atoms with E-state index in [4.69, 9.17) is 0 Å². The third-order valence-corrected chi connectivity index (χ3v) is 6.23. The van der Waals surface area contributed by atoms with E-state index >= 15 is 0 Å². The van der Waals surface area contributed by atoms with Crippen molar-refractivity contribution in [3.05, 3.63) is 41.6 Å². The molecular formula is C22H29N3O2. The van der Waals surface area contributed by atoms with Crippen molar-refractivity contribution in [2.45, 2.75) is 32.1 Å². The van der Waals surface area contributed by atoms with Gasteiger partial charge in [-0.15, -0.1) is 0 Å². The van der Waals surface area contributed by atoms with E-state index in [2.05, 4.69) is 41.8 Å². The fourth-order valence-electron chi connectivity index (χ4n) is 4.39. The number of nitrogens with zero attached hydrogens (tertiary/aromatic N) is 3. The van der Waals surface area contributed by atoms with Crippen molar-refractivity contribution in [3.8, 4) is 0 Å². The smallest absolute Gasteiger partial charge is 0.225 e. The van der Waals surface area contributed by atoms with Crippen LogP contribution in [0.5, 0.6) is 0 Å². The van der Waals surface area contributed by atoms with E-state index in [1.807, 2.05) is 24.1 Å². The highest BCUT2D eigenvalue weighted by molar-refractivity contribution is 5.94. The summed E-state index contributed by atoms with van der Waals surface area (Å²) in [4.78, 5) is 31.2. The van der Waals surface area contributed by atoms with E-state index in [0.29, 0.717) is 12.5 Å². The molecule has 1 amide bonds. The monoisotopic (exact) mass is 367 g/mol. The third kappa shape index (κ3) is 3.41. The zero-order chi connectivity index (χ0) is 19.2. The van der Waals surface area contributed by atoms with E-state index in [9.17, 15) is 9.59 Å². The molecule has 5 heteroatoms. The Hall–Kier alpha value is -2.14. The number of hydrogen-bond acceptors (Lipinski definition) is 4. The van der Waals surface area contributed by atoms with Crippen LogP contribution in [-0.4, -0.2) is 61.3 Å². The van der Waals surface area contributed by atoms with Gasteiger partial charge in [0.15, 0.2) is 5.78 Å². The SMILES string of the molecule is CN1C(=CC(=O)CN2CCN(C(=O)C3CC3)CC2)C(C)(C)c2ccccc21. The summed E-state index contributed by atoms with van der Waals surface area (Å²) in [5.41, 5.74) is 3.32. The minimum Gasteiger partial charge on any atom is -0.347 e. The van der Waals surface area contributed by atoms with Gasteiger partial charge in [-0.25, -0.2) is 0 Å². The van der Waals surface area contributed by atoms with Crippen LogP contribution in [0.3, 0.4) is 0 Å². The van der Waals surface area contributed by atoms with E-state index in [1.54, 1.807) is 0 Å². The molecule has 1 aromatic rings. The van der Waals surface area contributed by atoms with Gasteiger partial charge >= 0.3 is 0 Å². The highest BCUT2D eigenvalue weighted by atomic mass is 16.2. The number of amides is 1. The van der Waals surface area contributed by atoms with Crippen LogP contribution in [0.25, 0.3) is 0 Å².